The van der Waals surface area contributed by atoms with E-state index in [2.05, 4.69) is 23.7 Å². The van der Waals surface area contributed by atoms with Gasteiger partial charge in [0.1, 0.15) is 4.88 Å². The minimum absolute atomic E-state index is 0.245. The highest BCUT2D eigenvalue weighted by Gasteiger charge is 2.31. The molecule has 1 fully saturated rings. The first-order valence-electron chi connectivity index (χ1n) is 7.21. The number of carbonyl (C=O) groups is 1. The van der Waals surface area contributed by atoms with Gasteiger partial charge in [-0.2, -0.15) is 0 Å². The van der Waals surface area contributed by atoms with E-state index < -0.39 is 5.97 Å². The Hall–Kier alpha value is -1.10. The van der Waals surface area contributed by atoms with Gasteiger partial charge in [0, 0.05) is 18.0 Å². The van der Waals surface area contributed by atoms with E-state index in [0.717, 1.165) is 17.6 Å². The monoisotopic (exact) mass is 296 g/mol. The van der Waals surface area contributed by atoms with Gasteiger partial charge in [-0.1, -0.05) is 32.1 Å². The Morgan fingerprint density at radius 2 is 2.05 bits per heavy atom. The Bertz CT molecular complexity index is 498. The van der Waals surface area contributed by atoms with Crippen molar-refractivity contribution >= 4 is 22.4 Å². The molecule has 0 bridgehead atoms. The normalized spacial score (nSPS) is 15.7. The summed E-state index contributed by atoms with van der Waals surface area (Å²) in [5.74, 6) is -0.110. The molecule has 0 amide bonds. The van der Waals surface area contributed by atoms with E-state index in [1.54, 1.807) is 0 Å². The number of thiazole rings is 1. The molecule has 20 heavy (non-hydrogen) atoms. The summed E-state index contributed by atoms with van der Waals surface area (Å²) in [5.41, 5.74) is 0.455. The van der Waals surface area contributed by atoms with E-state index in [0.29, 0.717) is 16.6 Å². The number of nitrogens with zero attached hydrogens (tertiary/aromatic N) is 2. The molecule has 0 aromatic carbocycles. The predicted molar refractivity (Wildman–Crippen MR) is 83.0 cm³/mol. The maximum atomic E-state index is 11.5. The van der Waals surface area contributed by atoms with Gasteiger partial charge < -0.3 is 10.0 Å². The summed E-state index contributed by atoms with van der Waals surface area (Å²) in [6.07, 6.45) is 2.57. The zero-order valence-electron chi connectivity index (χ0n) is 12.9. The smallest absolute Gasteiger partial charge is 0.347 e. The van der Waals surface area contributed by atoms with Crippen LogP contribution >= 0.6 is 11.3 Å². The molecule has 0 atom stereocenters. The molecule has 112 valence electrons. The molecular formula is C15H24N2O2S. The van der Waals surface area contributed by atoms with Crippen molar-refractivity contribution in [3.05, 3.63) is 10.6 Å². The fraction of sp³-hybridized carbons (Fsp3) is 0.733. The van der Waals surface area contributed by atoms with Crippen LogP contribution < -0.4 is 4.90 Å². The van der Waals surface area contributed by atoms with Crippen molar-refractivity contribution in [3.63, 3.8) is 0 Å². The summed E-state index contributed by atoms with van der Waals surface area (Å²) >= 11 is 1.32. The lowest BCUT2D eigenvalue weighted by Crippen LogP contribution is -2.32. The first kappa shape index (κ1) is 15.3. The molecule has 1 aliphatic carbocycles. The standard InChI is InChI=1S/C15H24N2O2S/c1-9(2)17(8-10-6-7-10)14-16-12(15(3,4)5)11(20-14)13(18)19/h9-10H,6-8H2,1-5H3,(H,18,19). The molecule has 5 heteroatoms. The number of anilines is 1. The van der Waals surface area contributed by atoms with Crippen molar-refractivity contribution in [1.82, 2.24) is 4.98 Å². The molecule has 4 nitrogen and oxygen atoms in total. The molecule has 1 aromatic heterocycles. The average molecular weight is 296 g/mol. The summed E-state index contributed by atoms with van der Waals surface area (Å²) in [5, 5.41) is 10.3. The zero-order chi connectivity index (χ0) is 15.1. The van der Waals surface area contributed by atoms with Crippen LogP contribution in [-0.4, -0.2) is 28.6 Å². The maximum absolute atomic E-state index is 11.5. The highest BCUT2D eigenvalue weighted by atomic mass is 32.1. The van der Waals surface area contributed by atoms with E-state index >= 15 is 0 Å². The van der Waals surface area contributed by atoms with Crippen molar-refractivity contribution < 1.29 is 9.90 Å². The number of hydrogen-bond donors (Lipinski definition) is 1. The molecule has 1 saturated carbocycles. The molecule has 1 aromatic rings. The van der Waals surface area contributed by atoms with Crippen LogP contribution in [0.25, 0.3) is 0 Å². The predicted octanol–water partition coefficient (Wildman–Crippen LogP) is 3.76. The van der Waals surface area contributed by atoms with Crippen molar-refractivity contribution in [2.45, 2.75) is 58.9 Å². The van der Waals surface area contributed by atoms with E-state index in [4.69, 9.17) is 0 Å². The second kappa shape index (κ2) is 5.35. The van der Waals surface area contributed by atoms with Gasteiger partial charge in [-0.15, -0.1) is 0 Å². The summed E-state index contributed by atoms with van der Waals surface area (Å²) in [7, 11) is 0. The van der Waals surface area contributed by atoms with E-state index in [1.807, 2.05) is 20.8 Å². The largest absolute Gasteiger partial charge is 0.477 e. The lowest BCUT2D eigenvalue weighted by Gasteiger charge is -2.26. The second-order valence-electron chi connectivity index (χ2n) is 6.92. The molecular weight excluding hydrogens is 272 g/mol. The van der Waals surface area contributed by atoms with E-state index in [9.17, 15) is 9.90 Å². The van der Waals surface area contributed by atoms with Gasteiger partial charge in [0.25, 0.3) is 0 Å². The Balaban J connectivity index is 2.37. The highest BCUT2D eigenvalue weighted by Crippen LogP contribution is 2.37. The molecule has 0 unspecified atom stereocenters. The Morgan fingerprint density at radius 1 is 1.45 bits per heavy atom. The maximum Gasteiger partial charge on any atom is 0.347 e. The molecule has 0 spiro atoms. The van der Waals surface area contributed by atoms with E-state index in [-0.39, 0.29) is 5.41 Å². The number of aromatic carboxylic acids is 1. The quantitative estimate of drug-likeness (QED) is 0.898. The van der Waals surface area contributed by atoms with Crippen molar-refractivity contribution in [2.75, 3.05) is 11.4 Å². The Labute approximate surface area is 124 Å². The van der Waals surface area contributed by atoms with Crippen molar-refractivity contribution in [2.24, 2.45) is 5.92 Å². The van der Waals surface area contributed by atoms with Crippen LogP contribution in [0.4, 0.5) is 5.13 Å². The molecule has 0 aliphatic heterocycles. The highest BCUT2D eigenvalue weighted by molar-refractivity contribution is 7.17. The first-order chi connectivity index (χ1) is 9.20. The van der Waals surface area contributed by atoms with Crippen LogP contribution in [0.1, 0.15) is 62.8 Å². The fourth-order valence-corrected chi connectivity index (χ4v) is 3.43. The van der Waals surface area contributed by atoms with Crippen LogP contribution in [0, 0.1) is 5.92 Å². The fourth-order valence-electron chi connectivity index (χ4n) is 2.17. The van der Waals surface area contributed by atoms with Gasteiger partial charge in [0.05, 0.1) is 5.69 Å². The minimum atomic E-state index is -0.867. The molecule has 0 radical (unpaired) electrons. The molecule has 0 saturated heterocycles. The summed E-state index contributed by atoms with van der Waals surface area (Å²) in [6, 6.07) is 0.344. The van der Waals surface area contributed by atoms with Gasteiger partial charge in [-0.25, -0.2) is 9.78 Å². The molecule has 1 heterocycles. The van der Waals surface area contributed by atoms with Gasteiger partial charge >= 0.3 is 5.97 Å². The Morgan fingerprint density at radius 3 is 2.40 bits per heavy atom. The van der Waals surface area contributed by atoms with Crippen LogP contribution in [0.15, 0.2) is 0 Å². The van der Waals surface area contributed by atoms with Crippen molar-refractivity contribution in [1.29, 1.82) is 0 Å². The van der Waals surface area contributed by atoms with Gasteiger partial charge in [-0.3, -0.25) is 0 Å². The summed E-state index contributed by atoms with van der Waals surface area (Å²) < 4.78 is 0. The summed E-state index contributed by atoms with van der Waals surface area (Å²) in [6.45, 7) is 11.3. The van der Waals surface area contributed by atoms with E-state index in [1.165, 1.54) is 24.2 Å². The third-order valence-electron chi connectivity index (χ3n) is 3.54. The molecule has 2 rings (SSSR count). The SMILES string of the molecule is CC(C)N(CC1CC1)c1nc(C(C)(C)C)c(C(=O)O)s1. The lowest BCUT2D eigenvalue weighted by molar-refractivity contribution is 0.0699. The van der Waals surface area contributed by atoms with Gasteiger partial charge in [0.2, 0.25) is 0 Å². The number of carboxylic acids is 1. The number of aromatic nitrogens is 1. The number of carboxylic acid groups (broad SMARTS) is 1. The molecule has 1 aliphatic rings. The number of hydrogen-bond acceptors (Lipinski definition) is 4. The van der Waals surface area contributed by atoms with Crippen LogP contribution in [0.2, 0.25) is 0 Å². The Kier molecular flexibility index (Phi) is 4.09. The molecule has 1 N–H and O–H groups in total. The number of rotatable bonds is 5. The third kappa shape index (κ3) is 3.32. The van der Waals surface area contributed by atoms with Crippen LogP contribution in [0.3, 0.4) is 0 Å². The van der Waals surface area contributed by atoms with Crippen LogP contribution in [0.5, 0.6) is 0 Å². The van der Waals surface area contributed by atoms with Crippen LogP contribution in [-0.2, 0) is 5.41 Å². The van der Waals surface area contributed by atoms with Gasteiger partial charge in [0.15, 0.2) is 5.13 Å². The second-order valence-corrected chi connectivity index (χ2v) is 7.90. The summed E-state index contributed by atoms with van der Waals surface area (Å²) in [4.78, 5) is 18.8. The topological polar surface area (TPSA) is 53.4 Å². The third-order valence-corrected chi connectivity index (χ3v) is 4.62. The lowest BCUT2D eigenvalue weighted by atomic mass is 9.91. The zero-order valence-corrected chi connectivity index (χ0v) is 13.8. The first-order valence-corrected chi connectivity index (χ1v) is 8.03. The van der Waals surface area contributed by atoms with Crippen molar-refractivity contribution in [3.8, 4) is 0 Å². The minimum Gasteiger partial charge on any atom is -0.477 e. The average Bonchev–Trinajstić information content (AvgIpc) is 3.00. The van der Waals surface area contributed by atoms with Gasteiger partial charge in [-0.05, 0) is 32.6 Å².